The molecule has 3 rings (SSSR count). The monoisotopic (exact) mass is 323 g/mol. The molecule has 1 aliphatic heterocycles. The number of pyridine rings is 1. The third-order valence-electron chi connectivity index (χ3n) is 3.86. The van der Waals surface area contributed by atoms with E-state index in [0.29, 0.717) is 18.0 Å². The summed E-state index contributed by atoms with van der Waals surface area (Å²) in [6.07, 6.45) is 4.18. The fourth-order valence-corrected chi connectivity index (χ4v) is 2.96. The minimum atomic E-state index is 0.461. The molecule has 102 valence electrons. The van der Waals surface area contributed by atoms with Gasteiger partial charge < -0.3 is 10.2 Å². The molecule has 19 heavy (non-hydrogen) atoms. The molecule has 1 fully saturated rings. The number of halogens is 1. The van der Waals surface area contributed by atoms with Gasteiger partial charge in [-0.2, -0.15) is 4.98 Å². The van der Waals surface area contributed by atoms with Crippen molar-refractivity contribution in [3.05, 3.63) is 22.8 Å². The fourth-order valence-electron chi connectivity index (χ4n) is 2.54. The Morgan fingerprint density at radius 1 is 1.47 bits per heavy atom. The molecule has 2 aromatic rings. The second kappa shape index (κ2) is 5.09. The van der Waals surface area contributed by atoms with Crippen molar-refractivity contribution in [3.63, 3.8) is 0 Å². The molecular weight excluding hydrogens is 306 g/mol. The first-order valence-corrected chi connectivity index (χ1v) is 7.40. The van der Waals surface area contributed by atoms with E-state index < -0.39 is 0 Å². The van der Waals surface area contributed by atoms with Crippen molar-refractivity contribution in [1.29, 1.82) is 0 Å². The standard InChI is InChI=1S/C13H18BrN5/c1-9-8-10(5-7-18(9)2)15-13-16-12-11(14)4-3-6-19(12)17-13/h3-4,6,9-10H,5,7-8H2,1-2H3,(H,15,17). The molecule has 1 aliphatic rings. The van der Waals surface area contributed by atoms with E-state index in [1.54, 1.807) is 4.52 Å². The normalized spacial score (nSPS) is 24.8. The average molecular weight is 324 g/mol. The van der Waals surface area contributed by atoms with Gasteiger partial charge in [0, 0.05) is 24.8 Å². The first-order chi connectivity index (χ1) is 9.13. The smallest absolute Gasteiger partial charge is 0.243 e. The van der Waals surface area contributed by atoms with E-state index in [1.165, 1.54) is 0 Å². The largest absolute Gasteiger partial charge is 0.350 e. The molecule has 0 aromatic carbocycles. The number of anilines is 1. The lowest BCUT2D eigenvalue weighted by Gasteiger charge is -2.35. The van der Waals surface area contributed by atoms with Crippen LogP contribution in [0.3, 0.4) is 0 Å². The van der Waals surface area contributed by atoms with E-state index in [4.69, 9.17) is 0 Å². The van der Waals surface area contributed by atoms with Gasteiger partial charge in [0.05, 0.1) is 4.47 Å². The zero-order valence-electron chi connectivity index (χ0n) is 11.2. The Balaban J connectivity index is 1.77. The average Bonchev–Trinajstić information content (AvgIpc) is 2.78. The molecule has 2 unspecified atom stereocenters. The Morgan fingerprint density at radius 3 is 3.05 bits per heavy atom. The highest BCUT2D eigenvalue weighted by Crippen LogP contribution is 2.20. The summed E-state index contributed by atoms with van der Waals surface area (Å²) in [6, 6.07) is 5.00. The second-order valence-electron chi connectivity index (χ2n) is 5.25. The lowest BCUT2D eigenvalue weighted by atomic mass is 9.99. The van der Waals surface area contributed by atoms with Crippen LogP contribution in [0.25, 0.3) is 5.65 Å². The molecule has 0 spiro atoms. The Hall–Kier alpha value is -1.14. The second-order valence-corrected chi connectivity index (χ2v) is 6.11. The molecular formula is C13H18BrN5. The van der Waals surface area contributed by atoms with Crippen molar-refractivity contribution in [3.8, 4) is 0 Å². The Kier molecular flexibility index (Phi) is 3.45. The molecule has 0 aliphatic carbocycles. The van der Waals surface area contributed by atoms with Crippen molar-refractivity contribution in [2.75, 3.05) is 18.9 Å². The van der Waals surface area contributed by atoms with Gasteiger partial charge in [-0.05, 0) is 54.9 Å². The van der Waals surface area contributed by atoms with Crippen LogP contribution in [-0.2, 0) is 0 Å². The van der Waals surface area contributed by atoms with Crippen molar-refractivity contribution in [1.82, 2.24) is 19.5 Å². The minimum Gasteiger partial charge on any atom is -0.350 e. The number of piperidine rings is 1. The zero-order valence-corrected chi connectivity index (χ0v) is 12.8. The van der Waals surface area contributed by atoms with E-state index in [1.807, 2.05) is 18.3 Å². The van der Waals surface area contributed by atoms with Gasteiger partial charge in [-0.25, -0.2) is 4.52 Å². The van der Waals surface area contributed by atoms with Gasteiger partial charge in [0.25, 0.3) is 0 Å². The Morgan fingerprint density at radius 2 is 2.32 bits per heavy atom. The Bertz CT molecular complexity index is 581. The molecule has 0 radical (unpaired) electrons. The maximum atomic E-state index is 4.53. The van der Waals surface area contributed by atoms with E-state index in [2.05, 4.69) is 50.2 Å². The maximum Gasteiger partial charge on any atom is 0.243 e. The molecule has 1 saturated heterocycles. The topological polar surface area (TPSA) is 45.5 Å². The van der Waals surface area contributed by atoms with E-state index in [9.17, 15) is 0 Å². The van der Waals surface area contributed by atoms with E-state index in [0.717, 1.165) is 29.5 Å². The van der Waals surface area contributed by atoms with Crippen LogP contribution in [-0.4, -0.2) is 45.2 Å². The van der Waals surface area contributed by atoms with Crippen LogP contribution in [0, 0.1) is 0 Å². The zero-order chi connectivity index (χ0) is 13.4. The highest BCUT2D eigenvalue weighted by Gasteiger charge is 2.23. The lowest BCUT2D eigenvalue weighted by Crippen LogP contribution is -2.42. The molecule has 2 aromatic heterocycles. The predicted octanol–water partition coefficient (Wildman–Crippen LogP) is 2.39. The number of likely N-dealkylation sites (tertiary alicyclic amines) is 1. The quantitative estimate of drug-likeness (QED) is 0.921. The van der Waals surface area contributed by atoms with Gasteiger partial charge in [0.2, 0.25) is 5.95 Å². The third kappa shape index (κ3) is 2.60. The van der Waals surface area contributed by atoms with Gasteiger partial charge in [0.15, 0.2) is 5.65 Å². The van der Waals surface area contributed by atoms with Gasteiger partial charge >= 0.3 is 0 Å². The molecule has 0 bridgehead atoms. The van der Waals surface area contributed by atoms with Gasteiger partial charge in [-0.1, -0.05) is 0 Å². The molecule has 2 atom stereocenters. The van der Waals surface area contributed by atoms with Crippen molar-refractivity contribution in [2.45, 2.75) is 31.8 Å². The van der Waals surface area contributed by atoms with Crippen LogP contribution in [0.15, 0.2) is 22.8 Å². The van der Waals surface area contributed by atoms with Crippen molar-refractivity contribution >= 4 is 27.5 Å². The minimum absolute atomic E-state index is 0.461. The van der Waals surface area contributed by atoms with E-state index >= 15 is 0 Å². The number of rotatable bonds is 2. The van der Waals surface area contributed by atoms with Gasteiger partial charge in [0.1, 0.15) is 0 Å². The number of fused-ring (bicyclic) bond motifs is 1. The highest BCUT2D eigenvalue weighted by molar-refractivity contribution is 9.10. The van der Waals surface area contributed by atoms with Gasteiger partial charge in [-0.15, -0.1) is 5.10 Å². The number of hydrogen-bond acceptors (Lipinski definition) is 4. The summed E-state index contributed by atoms with van der Waals surface area (Å²) < 4.78 is 2.76. The Labute approximate surface area is 121 Å². The summed E-state index contributed by atoms with van der Waals surface area (Å²) >= 11 is 3.50. The summed E-state index contributed by atoms with van der Waals surface area (Å²) in [5.41, 5.74) is 0.853. The summed E-state index contributed by atoms with van der Waals surface area (Å²) in [5.74, 6) is 0.716. The fraction of sp³-hybridized carbons (Fsp3) is 0.538. The van der Waals surface area contributed by atoms with E-state index in [-0.39, 0.29) is 0 Å². The van der Waals surface area contributed by atoms with Crippen LogP contribution in [0.2, 0.25) is 0 Å². The highest BCUT2D eigenvalue weighted by atomic mass is 79.9. The number of hydrogen-bond donors (Lipinski definition) is 1. The molecule has 3 heterocycles. The van der Waals surface area contributed by atoms with Crippen LogP contribution in [0.4, 0.5) is 5.95 Å². The number of aromatic nitrogens is 3. The summed E-state index contributed by atoms with van der Waals surface area (Å²) in [5, 5.41) is 7.92. The maximum absolute atomic E-state index is 4.53. The predicted molar refractivity (Wildman–Crippen MR) is 79.4 cm³/mol. The summed E-state index contributed by atoms with van der Waals surface area (Å²) in [6.45, 7) is 3.39. The summed E-state index contributed by atoms with van der Waals surface area (Å²) in [7, 11) is 2.18. The molecule has 0 amide bonds. The number of nitrogens with zero attached hydrogens (tertiary/aromatic N) is 4. The molecule has 1 N–H and O–H groups in total. The van der Waals surface area contributed by atoms with Crippen LogP contribution in [0.1, 0.15) is 19.8 Å². The molecule has 5 nitrogen and oxygen atoms in total. The van der Waals surface area contributed by atoms with Crippen molar-refractivity contribution in [2.24, 2.45) is 0 Å². The first kappa shape index (κ1) is 12.9. The third-order valence-corrected chi connectivity index (χ3v) is 4.48. The number of nitrogens with one attached hydrogen (secondary N) is 1. The lowest BCUT2D eigenvalue weighted by molar-refractivity contribution is 0.190. The molecule has 0 saturated carbocycles. The SMILES string of the molecule is CC1CC(Nc2nc3c(Br)cccn3n2)CCN1C. The van der Waals surface area contributed by atoms with Crippen molar-refractivity contribution < 1.29 is 0 Å². The van der Waals surface area contributed by atoms with Gasteiger partial charge in [-0.3, -0.25) is 0 Å². The first-order valence-electron chi connectivity index (χ1n) is 6.61. The molecule has 6 heteroatoms. The van der Waals surface area contributed by atoms with Crippen LogP contribution < -0.4 is 5.32 Å². The van der Waals surface area contributed by atoms with Crippen LogP contribution >= 0.6 is 15.9 Å². The summed E-state index contributed by atoms with van der Waals surface area (Å²) in [4.78, 5) is 6.93. The van der Waals surface area contributed by atoms with Crippen LogP contribution in [0.5, 0.6) is 0 Å².